The first-order valence-electron chi connectivity index (χ1n) is 14.4. The second kappa shape index (κ2) is 12.1. The molecule has 2 aliphatic heterocycles. The van der Waals surface area contributed by atoms with Gasteiger partial charge in [0.2, 0.25) is 0 Å². The molecule has 1 N–H and O–H groups in total. The second-order valence-electron chi connectivity index (χ2n) is 11.2. The van der Waals surface area contributed by atoms with Crippen molar-refractivity contribution in [2.45, 2.75) is 78.8 Å². The molecule has 0 saturated carbocycles. The van der Waals surface area contributed by atoms with E-state index in [9.17, 15) is 14.7 Å². The molecule has 0 spiro atoms. The number of hydrogen-bond acceptors (Lipinski definition) is 8. The summed E-state index contributed by atoms with van der Waals surface area (Å²) in [6, 6.07) is 5.04. The predicted molar refractivity (Wildman–Crippen MR) is 158 cm³/mol. The van der Waals surface area contributed by atoms with Crippen LogP contribution in [-0.4, -0.2) is 62.4 Å². The number of thiazole rings is 1. The van der Waals surface area contributed by atoms with Crippen LogP contribution >= 0.6 is 11.3 Å². The molecule has 8 nitrogen and oxygen atoms in total. The van der Waals surface area contributed by atoms with Crippen LogP contribution in [0.25, 0.3) is 11.3 Å². The van der Waals surface area contributed by atoms with E-state index in [0.717, 1.165) is 35.8 Å². The van der Waals surface area contributed by atoms with Gasteiger partial charge in [0.05, 0.1) is 30.4 Å². The maximum absolute atomic E-state index is 13.2. The molecule has 0 bridgehead atoms. The number of Topliss-reactive ketones (excluding diaryl/α,β-unsaturated/α-hetero) is 1. The van der Waals surface area contributed by atoms with Gasteiger partial charge in [-0.1, -0.05) is 6.92 Å². The molecule has 212 valence electrons. The first kappa shape index (κ1) is 28.4. The number of nitrogens with zero attached hydrogens (tertiary/aromatic N) is 5. The Morgan fingerprint density at radius 2 is 1.75 bits per heavy atom. The molecule has 1 atom stereocenters. The summed E-state index contributed by atoms with van der Waals surface area (Å²) < 4.78 is 0. The molecule has 0 radical (unpaired) electrons. The number of aromatic nitrogens is 3. The Morgan fingerprint density at radius 1 is 1.02 bits per heavy atom. The maximum Gasteiger partial charge on any atom is 0.306 e. The Bertz CT molecular complexity index is 1360. The predicted octanol–water partition coefficient (Wildman–Crippen LogP) is 5.63. The summed E-state index contributed by atoms with van der Waals surface area (Å²) in [6.07, 6.45) is 8.15. The first-order valence-corrected chi connectivity index (χ1v) is 15.2. The quantitative estimate of drug-likeness (QED) is 0.336. The van der Waals surface area contributed by atoms with Crippen molar-refractivity contribution in [3.63, 3.8) is 0 Å². The Kier molecular flexibility index (Phi) is 8.61. The Balaban J connectivity index is 1.34. The fourth-order valence-corrected chi connectivity index (χ4v) is 7.06. The lowest BCUT2D eigenvalue weighted by Crippen LogP contribution is -2.36. The van der Waals surface area contributed by atoms with E-state index in [2.05, 4.69) is 54.7 Å². The largest absolute Gasteiger partial charge is 0.481 e. The van der Waals surface area contributed by atoms with Crippen molar-refractivity contribution < 1.29 is 14.7 Å². The van der Waals surface area contributed by atoms with Gasteiger partial charge in [-0.2, -0.15) is 0 Å². The third-order valence-corrected chi connectivity index (χ3v) is 9.70. The number of carbonyl (C=O) groups excluding carboxylic acids is 1. The minimum absolute atomic E-state index is 0.0978. The molecule has 2 aliphatic rings. The summed E-state index contributed by atoms with van der Waals surface area (Å²) in [6.45, 7) is 11.9. The molecule has 2 saturated heterocycles. The minimum Gasteiger partial charge on any atom is -0.481 e. The highest BCUT2D eigenvalue weighted by Gasteiger charge is 2.27. The zero-order valence-corrected chi connectivity index (χ0v) is 24.8. The van der Waals surface area contributed by atoms with Gasteiger partial charge in [-0.05, 0) is 88.2 Å². The van der Waals surface area contributed by atoms with Crippen LogP contribution in [0.2, 0.25) is 0 Å². The number of hydrogen-bond donors (Lipinski definition) is 1. The molecule has 2 fully saturated rings. The van der Waals surface area contributed by atoms with E-state index in [4.69, 9.17) is 4.98 Å². The molecule has 9 heteroatoms. The molecule has 0 unspecified atom stereocenters. The third-order valence-electron chi connectivity index (χ3n) is 8.66. The number of anilines is 1. The molecule has 1 aromatic carbocycles. The van der Waals surface area contributed by atoms with Gasteiger partial charge in [0.25, 0.3) is 0 Å². The van der Waals surface area contributed by atoms with E-state index >= 15 is 0 Å². The summed E-state index contributed by atoms with van der Waals surface area (Å²) in [7, 11) is 0. The first-order chi connectivity index (χ1) is 19.2. The van der Waals surface area contributed by atoms with Crippen molar-refractivity contribution >= 4 is 28.9 Å². The molecule has 2 aromatic heterocycles. The number of aryl methyl sites for hydroxylation is 2. The van der Waals surface area contributed by atoms with Crippen molar-refractivity contribution in [1.29, 1.82) is 0 Å². The standard InChI is InChI=1S/C31H39N5O3S/c1-5-24-7-6-10-36(24)18-27-30(23-13-19(2)21(4)20(3)14-23)34-29(40-27)15-26(37)25-16-33-28(17-32-25)35-11-8-22(9-12-35)31(38)39/h13-14,16-17,22,24H,5-12,15,18H2,1-4H3,(H,38,39)/t24-/m1/s1. The van der Waals surface area contributed by atoms with Crippen LogP contribution in [0.15, 0.2) is 24.5 Å². The molecular formula is C31H39N5O3S. The summed E-state index contributed by atoms with van der Waals surface area (Å²) in [4.78, 5) is 44.3. The molecule has 3 aromatic rings. The van der Waals surface area contributed by atoms with Crippen LogP contribution in [0.3, 0.4) is 0 Å². The number of rotatable bonds is 9. The van der Waals surface area contributed by atoms with E-state index in [-0.39, 0.29) is 18.1 Å². The number of carbonyl (C=O) groups is 2. The zero-order valence-electron chi connectivity index (χ0n) is 23.9. The van der Waals surface area contributed by atoms with Crippen molar-refractivity contribution in [3.8, 4) is 11.3 Å². The Hall–Kier alpha value is -3.17. The van der Waals surface area contributed by atoms with Gasteiger partial charge in [-0.3, -0.25) is 14.5 Å². The fraction of sp³-hybridized carbons (Fsp3) is 0.516. The summed E-state index contributed by atoms with van der Waals surface area (Å²) >= 11 is 1.64. The van der Waals surface area contributed by atoms with E-state index in [1.807, 2.05) is 4.90 Å². The fourth-order valence-electron chi connectivity index (χ4n) is 5.94. The molecule has 4 heterocycles. The van der Waals surface area contributed by atoms with Crippen LogP contribution in [0, 0.1) is 26.7 Å². The van der Waals surface area contributed by atoms with E-state index in [1.165, 1.54) is 34.4 Å². The topological polar surface area (TPSA) is 99.5 Å². The average Bonchev–Trinajstić information content (AvgIpc) is 3.58. The van der Waals surface area contributed by atoms with Gasteiger partial charge in [-0.15, -0.1) is 11.3 Å². The average molecular weight is 562 g/mol. The van der Waals surface area contributed by atoms with Crippen LogP contribution < -0.4 is 4.90 Å². The van der Waals surface area contributed by atoms with Crippen molar-refractivity contribution in [2.24, 2.45) is 5.92 Å². The van der Waals surface area contributed by atoms with Crippen LogP contribution in [0.5, 0.6) is 0 Å². The number of carboxylic acid groups (broad SMARTS) is 1. The van der Waals surface area contributed by atoms with Crippen molar-refractivity contribution in [2.75, 3.05) is 24.5 Å². The molecule has 40 heavy (non-hydrogen) atoms. The molecule has 0 aliphatic carbocycles. The lowest BCUT2D eigenvalue weighted by molar-refractivity contribution is -0.142. The van der Waals surface area contributed by atoms with Gasteiger partial charge in [0, 0.05) is 36.1 Å². The number of carboxylic acids is 1. The Morgan fingerprint density at radius 3 is 2.38 bits per heavy atom. The monoisotopic (exact) mass is 561 g/mol. The van der Waals surface area contributed by atoms with E-state index < -0.39 is 5.97 Å². The smallest absolute Gasteiger partial charge is 0.306 e. The summed E-state index contributed by atoms with van der Waals surface area (Å²) in [5, 5.41) is 10.0. The van der Waals surface area contributed by atoms with Gasteiger partial charge in [-0.25, -0.2) is 15.0 Å². The Labute approximate surface area is 240 Å². The van der Waals surface area contributed by atoms with Crippen molar-refractivity contribution in [3.05, 3.63) is 56.8 Å². The highest BCUT2D eigenvalue weighted by atomic mass is 32.1. The zero-order chi connectivity index (χ0) is 28.4. The lowest BCUT2D eigenvalue weighted by Gasteiger charge is -2.30. The van der Waals surface area contributed by atoms with Crippen LogP contribution in [0.1, 0.15) is 76.1 Å². The minimum atomic E-state index is -0.738. The number of piperidine rings is 1. The van der Waals surface area contributed by atoms with Gasteiger partial charge in [0.1, 0.15) is 16.5 Å². The van der Waals surface area contributed by atoms with E-state index in [1.54, 1.807) is 23.7 Å². The number of aliphatic carboxylic acids is 1. The number of benzene rings is 1. The second-order valence-corrected chi connectivity index (χ2v) is 12.4. The highest BCUT2D eigenvalue weighted by molar-refractivity contribution is 7.12. The lowest BCUT2D eigenvalue weighted by atomic mass is 9.97. The molecular weight excluding hydrogens is 522 g/mol. The molecule has 0 amide bonds. The van der Waals surface area contributed by atoms with Crippen LogP contribution in [-0.2, 0) is 17.8 Å². The maximum atomic E-state index is 13.2. The SMILES string of the molecule is CC[C@@H]1CCCN1Cc1sc(CC(=O)c2cnc(N3CCC(C(=O)O)CC3)cn2)nc1-c1cc(C)c(C)c(C)c1. The highest BCUT2D eigenvalue weighted by Crippen LogP contribution is 2.34. The van der Waals surface area contributed by atoms with E-state index in [0.29, 0.717) is 43.5 Å². The summed E-state index contributed by atoms with van der Waals surface area (Å²) in [5.41, 5.74) is 6.24. The number of ketones is 1. The van der Waals surface area contributed by atoms with Crippen LogP contribution in [0.4, 0.5) is 5.82 Å². The van der Waals surface area contributed by atoms with Crippen molar-refractivity contribution in [1.82, 2.24) is 19.9 Å². The normalized spacial score (nSPS) is 18.4. The summed E-state index contributed by atoms with van der Waals surface area (Å²) in [5.74, 6) is -0.456. The molecule has 5 rings (SSSR count). The van der Waals surface area contributed by atoms with Gasteiger partial charge >= 0.3 is 5.97 Å². The van der Waals surface area contributed by atoms with Gasteiger partial charge < -0.3 is 10.0 Å². The number of likely N-dealkylation sites (tertiary alicyclic amines) is 1. The third kappa shape index (κ3) is 6.10. The van der Waals surface area contributed by atoms with Gasteiger partial charge in [0.15, 0.2) is 5.78 Å².